The fraction of sp³-hybridized carbons (Fsp3) is 0.150. The van der Waals surface area contributed by atoms with Gasteiger partial charge in [-0.25, -0.2) is 4.98 Å². The maximum atomic E-state index is 12.9. The first-order chi connectivity index (χ1) is 14.7. The summed E-state index contributed by atoms with van der Waals surface area (Å²) >= 11 is 1.44. The number of halogens is 3. The van der Waals surface area contributed by atoms with Crippen LogP contribution in [0.25, 0.3) is 10.9 Å². The Kier molecular flexibility index (Phi) is 5.36. The van der Waals surface area contributed by atoms with Crippen LogP contribution in [0.5, 0.6) is 11.5 Å². The lowest BCUT2D eigenvalue weighted by Gasteiger charge is -2.10. The number of thioether (sulfide) groups is 1. The summed E-state index contributed by atoms with van der Waals surface area (Å²) in [4.78, 5) is 30.0. The lowest BCUT2D eigenvalue weighted by atomic mass is 10.1. The predicted molar refractivity (Wildman–Crippen MR) is 109 cm³/mol. The Labute approximate surface area is 177 Å². The van der Waals surface area contributed by atoms with Gasteiger partial charge in [-0.2, -0.15) is 13.2 Å². The Morgan fingerprint density at radius 3 is 2.65 bits per heavy atom. The van der Waals surface area contributed by atoms with Crippen molar-refractivity contribution in [1.29, 1.82) is 0 Å². The molecule has 2 aromatic carbocycles. The molecule has 1 aliphatic rings. The van der Waals surface area contributed by atoms with Crippen LogP contribution in [-0.2, 0) is 11.0 Å². The van der Waals surface area contributed by atoms with Crippen molar-refractivity contribution in [2.75, 3.05) is 5.75 Å². The number of aliphatic imine (C=N–C) groups is 1. The summed E-state index contributed by atoms with van der Waals surface area (Å²) in [6, 6.07) is 9.90. The Morgan fingerprint density at radius 2 is 1.97 bits per heavy atom. The second kappa shape index (κ2) is 7.99. The van der Waals surface area contributed by atoms with E-state index < -0.39 is 22.4 Å². The molecule has 0 N–H and O–H groups in total. The van der Waals surface area contributed by atoms with Crippen LogP contribution in [-0.4, -0.2) is 33.0 Å². The molecule has 0 saturated heterocycles. The second-order valence-electron chi connectivity index (χ2n) is 6.54. The minimum Gasteiger partial charge on any atom is -0.450 e. The van der Waals surface area contributed by atoms with Crippen LogP contribution in [0.1, 0.15) is 11.3 Å². The molecule has 0 bridgehead atoms. The maximum Gasteiger partial charge on any atom is 0.416 e. The first-order valence-corrected chi connectivity index (χ1v) is 9.84. The molecule has 0 spiro atoms. The topological polar surface area (TPSA) is 94.7 Å². The van der Waals surface area contributed by atoms with Crippen molar-refractivity contribution in [1.82, 2.24) is 4.98 Å². The number of benzene rings is 2. The zero-order valence-electron chi connectivity index (χ0n) is 15.5. The highest BCUT2D eigenvalue weighted by molar-refractivity contribution is 8.14. The van der Waals surface area contributed by atoms with Crippen LogP contribution < -0.4 is 4.74 Å². The van der Waals surface area contributed by atoms with Crippen molar-refractivity contribution in [3.05, 3.63) is 69.9 Å². The maximum absolute atomic E-state index is 12.9. The number of aromatic nitrogens is 1. The summed E-state index contributed by atoms with van der Waals surface area (Å²) < 4.78 is 44.1. The lowest BCUT2D eigenvalue weighted by molar-refractivity contribution is -0.385. The molecule has 11 heteroatoms. The molecule has 0 fully saturated rings. The molecule has 4 rings (SSSR count). The molecule has 0 unspecified atom stereocenters. The van der Waals surface area contributed by atoms with E-state index in [2.05, 4.69) is 9.98 Å². The smallest absolute Gasteiger partial charge is 0.416 e. The minimum atomic E-state index is -4.71. The second-order valence-corrected chi connectivity index (χ2v) is 7.55. The van der Waals surface area contributed by atoms with Gasteiger partial charge in [0.05, 0.1) is 21.7 Å². The van der Waals surface area contributed by atoms with Gasteiger partial charge in [-0.3, -0.25) is 15.1 Å². The zero-order chi connectivity index (χ0) is 22.2. The van der Waals surface area contributed by atoms with Crippen molar-refractivity contribution in [2.45, 2.75) is 12.2 Å². The number of rotatable bonds is 5. The average Bonchev–Trinajstić information content (AvgIpc) is 3.22. The summed E-state index contributed by atoms with van der Waals surface area (Å²) in [5.74, 6) is 0.467. The highest BCUT2D eigenvalue weighted by Crippen LogP contribution is 2.38. The molecule has 158 valence electrons. The molecule has 31 heavy (non-hydrogen) atoms. The SMILES string of the molecule is O=C[C@H]1CSC(c2ccc3cc(Oc4ccc(C(F)(F)F)cc4[N+](=O)[O-])ccc3n2)=N1. The number of hydrogen-bond acceptors (Lipinski definition) is 7. The fourth-order valence-corrected chi connectivity index (χ4v) is 3.89. The van der Waals surface area contributed by atoms with E-state index in [1.165, 1.54) is 17.8 Å². The first-order valence-electron chi connectivity index (χ1n) is 8.85. The van der Waals surface area contributed by atoms with Crippen molar-refractivity contribution in [3.8, 4) is 11.5 Å². The number of carbonyl (C=O) groups excluding carboxylic acids is 1. The van der Waals surface area contributed by atoms with E-state index in [-0.39, 0.29) is 17.5 Å². The molecule has 1 aromatic heterocycles. The number of pyridine rings is 1. The van der Waals surface area contributed by atoms with Crippen molar-refractivity contribution >= 4 is 39.7 Å². The van der Waals surface area contributed by atoms with Gasteiger partial charge in [0.1, 0.15) is 23.1 Å². The summed E-state index contributed by atoms with van der Waals surface area (Å²) in [6.45, 7) is 0. The van der Waals surface area contributed by atoms with E-state index in [0.29, 0.717) is 33.5 Å². The van der Waals surface area contributed by atoms with Crippen molar-refractivity contribution in [3.63, 3.8) is 0 Å². The third kappa shape index (κ3) is 4.36. The lowest BCUT2D eigenvalue weighted by Crippen LogP contribution is -2.06. The highest BCUT2D eigenvalue weighted by Gasteiger charge is 2.33. The molecule has 0 saturated carbocycles. The molecule has 2 heterocycles. The van der Waals surface area contributed by atoms with E-state index in [1.807, 2.05) is 0 Å². The van der Waals surface area contributed by atoms with Gasteiger partial charge in [-0.1, -0.05) is 6.07 Å². The fourth-order valence-electron chi connectivity index (χ4n) is 2.94. The summed E-state index contributed by atoms with van der Waals surface area (Å²) in [5.41, 5.74) is -0.700. The number of aldehydes is 1. The monoisotopic (exact) mass is 447 g/mol. The van der Waals surface area contributed by atoms with Crippen LogP contribution in [0.4, 0.5) is 18.9 Å². The van der Waals surface area contributed by atoms with Crippen LogP contribution in [0.2, 0.25) is 0 Å². The number of carbonyl (C=O) groups is 1. The average molecular weight is 447 g/mol. The molecule has 3 aromatic rings. The van der Waals surface area contributed by atoms with Gasteiger partial charge in [-0.05, 0) is 36.4 Å². The molecule has 0 amide bonds. The highest BCUT2D eigenvalue weighted by atomic mass is 32.2. The van der Waals surface area contributed by atoms with Gasteiger partial charge in [-0.15, -0.1) is 11.8 Å². The Balaban J connectivity index is 1.63. The molecule has 1 atom stereocenters. The van der Waals surface area contributed by atoms with E-state index in [9.17, 15) is 28.1 Å². The molecule has 0 radical (unpaired) electrons. The zero-order valence-corrected chi connectivity index (χ0v) is 16.3. The molecular formula is C20H12F3N3O4S. The van der Waals surface area contributed by atoms with E-state index in [1.54, 1.807) is 24.3 Å². The van der Waals surface area contributed by atoms with Crippen LogP contribution in [0, 0.1) is 10.1 Å². The third-order valence-corrected chi connectivity index (χ3v) is 5.52. The minimum absolute atomic E-state index is 0.207. The quantitative estimate of drug-likeness (QED) is 0.310. The molecule has 0 aliphatic carbocycles. The van der Waals surface area contributed by atoms with Gasteiger partial charge >= 0.3 is 11.9 Å². The third-order valence-electron chi connectivity index (χ3n) is 4.42. The van der Waals surface area contributed by atoms with Gasteiger partial charge in [0.25, 0.3) is 0 Å². The van der Waals surface area contributed by atoms with Gasteiger partial charge < -0.3 is 9.53 Å². The summed E-state index contributed by atoms with van der Waals surface area (Å²) in [6.07, 6.45) is -3.92. The van der Waals surface area contributed by atoms with E-state index in [4.69, 9.17) is 4.74 Å². The Bertz CT molecular complexity index is 1230. The van der Waals surface area contributed by atoms with Crippen molar-refractivity contribution < 1.29 is 27.6 Å². The first kappa shape index (κ1) is 20.8. The molecule has 1 aliphatic heterocycles. The standard InChI is InChI=1S/C20H12F3N3O4S/c21-20(22,23)12-2-6-18(17(8-12)26(28)29)30-14-3-5-15-11(7-14)1-4-16(25-15)19-24-13(9-27)10-31-19/h1-9,13H,10H2/t13-/m0/s1. The van der Waals surface area contributed by atoms with Crippen LogP contribution >= 0.6 is 11.8 Å². The number of nitrogens with zero attached hydrogens (tertiary/aromatic N) is 3. The normalized spacial score (nSPS) is 16.2. The van der Waals surface area contributed by atoms with Crippen molar-refractivity contribution in [2.24, 2.45) is 4.99 Å². The summed E-state index contributed by atoms with van der Waals surface area (Å²) in [5, 5.41) is 12.6. The number of nitro groups is 1. The largest absolute Gasteiger partial charge is 0.450 e. The number of nitro benzene ring substituents is 1. The van der Waals surface area contributed by atoms with E-state index in [0.717, 1.165) is 18.4 Å². The van der Waals surface area contributed by atoms with Gasteiger partial charge in [0.15, 0.2) is 0 Å². The predicted octanol–water partition coefficient (Wildman–Crippen LogP) is 5.02. The number of alkyl halides is 3. The number of ether oxygens (including phenoxy) is 1. The van der Waals surface area contributed by atoms with Gasteiger partial charge in [0, 0.05) is 17.2 Å². The van der Waals surface area contributed by atoms with E-state index >= 15 is 0 Å². The molecule has 7 nitrogen and oxygen atoms in total. The van der Waals surface area contributed by atoms with Crippen LogP contribution in [0.3, 0.4) is 0 Å². The Hall–Kier alpha value is -3.47. The van der Waals surface area contributed by atoms with Gasteiger partial charge in [0.2, 0.25) is 5.75 Å². The number of hydrogen-bond donors (Lipinski definition) is 0. The molecular weight excluding hydrogens is 435 g/mol. The Morgan fingerprint density at radius 1 is 1.16 bits per heavy atom. The summed E-state index contributed by atoms with van der Waals surface area (Å²) in [7, 11) is 0. The number of fused-ring (bicyclic) bond motifs is 1. The van der Waals surface area contributed by atoms with Crippen LogP contribution in [0.15, 0.2) is 53.5 Å².